The summed E-state index contributed by atoms with van der Waals surface area (Å²) < 4.78 is 0. The molecule has 7 amide bonds. The SMILES string of the molecule is CC[C@H](C)[C@H](NC(=O)[C@H](CCCN=C(N)N)NC(=O)[C@H](CC(=O)O)NC(=O)[C@@H](NC(=O)[C@H](CCCN=C(N)N)NC(=O)CC1CCC(NC(=O)c2ccc3ccccc3c2)CC1)[C@@H](C)CC)C(N)=O. The molecule has 7 atom stereocenters. The molecule has 0 radical (unpaired) electrons. The van der Waals surface area contributed by atoms with Crippen molar-refractivity contribution in [1.29, 1.82) is 0 Å². The van der Waals surface area contributed by atoms with Gasteiger partial charge in [-0.2, -0.15) is 0 Å². The molecule has 1 saturated carbocycles. The Hall–Kier alpha value is -7.00. The number of carboxylic acid groups (broad SMARTS) is 1. The molecule has 0 heterocycles. The van der Waals surface area contributed by atoms with E-state index in [2.05, 4.69) is 41.9 Å². The number of benzene rings is 2. The Morgan fingerprint density at radius 2 is 1.14 bits per heavy atom. The molecule has 0 aliphatic heterocycles. The lowest BCUT2D eigenvalue weighted by molar-refractivity contribution is -0.141. The van der Waals surface area contributed by atoms with E-state index in [1.165, 1.54) is 0 Å². The summed E-state index contributed by atoms with van der Waals surface area (Å²) in [5.74, 6) is -7.55. The quantitative estimate of drug-likeness (QED) is 0.0306. The van der Waals surface area contributed by atoms with Crippen molar-refractivity contribution in [2.75, 3.05) is 13.1 Å². The summed E-state index contributed by atoms with van der Waals surface area (Å²) in [7, 11) is 0. The minimum Gasteiger partial charge on any atom is -0.481 e. The molecule has 0 aromatic heterocycles. The fraction of sp³-hybridized carbons (Fsp3) is 0.574. The van der Waals surface area contributed by atoms with E-state index < -0.39 is 84.0 Å². The van der Waals surface area contributed by atoms with Gasteiger partial charge in [0.1, 0.15) is 30.2 Å². The van der Waals surface area contributed by atoms with Gasteiger partial charge in [-0.25, -0.2) is 0 Å². The maximum absolute atomic E-state index is 14.1. The number of guanidine groups is 2. The van der Waals surface area contributed by atoms with Gasteiger partial charge in [0.25, 0.3) is 5.91 Å². The second-order valence-corrected chi connectivity index (χ2v) is 17.8. The Kier molecular flexibility index (Phi) is 23.1. The number of nitrogens with two attached hydrogens (primary N) is 5. The minimum absolute atomic E-state index is 0.0199. The van der Waals surface area contributed by atoms with Gasteiger partial charge in [0, 0.05) is 31.1 Å². The zero-order valence-electron chi connectivity index (χ0n) is 40.1. The molecule has 3 rings (SSSR count). The number of carbonyl (C=O) groups excluding carboxylic acids is 7. The van der Waals surface area contributed by atoms with Crippen molar-refractivity contribution in [2.45, 2.75) is 141 Å². The second-order valence-electron chi connectivity index (χ2n) is 17.8. The van der Waals surface area contributed by atoms with Gasteiger partial charge in [-0.1, -0.05) is 70.9 Å². The molecule has 69 heavy (non-hydrogen) atoms. The number of hydrogen-bond donors (Lipinski definition) is 12. The van der Waals surface area contributed by atoms with Crippen molar-refractivity contribution >= 4 is 70.0 Å². The molecule has 1 aliphatic rings. The predicted molar refractivity (Wildman–Crippen MR) is 262 cm³/mol. The first-order valence-corrected chi connectivity index (χ1v) is 23.6. The summed E-state index contributed by atoms with van der Waals surface area (Å²) in [6.07, 6.45) is 3.18. The summed E-state index contributed by atoms with van der Waals surface area (Å²) in [6, 6.07) is 6.69. The maximum Gasteiger partial charge on any atom is 0.305 e. The number of nitrogens with zero attached hydrogens (tertiary/aromatic N) is 2. The first-order chi connectivity index (χ1) is 32.7. The van der Waals surface area contributed by atoms with Crippen molar-refractivity contribution in [1.82, 2.24) is 31.9 Å². The zero-order chi connectivity index (χ0) is 51.2. The number of primary amides is 1. The number of rotatable bonds is 28. The van der Waals surface area contributed by atoms with Gasteiger partial charge in [-0.05, 0) is 92.0 Å². The van der Waals surface area contributed by atoms with E-state index in [0.29, 0.717) is 44.1 Å². The third-order valence-electron chi connectivity index (χ3n) is 12.5. The molecule has 17 N–H and O–H groups in total. The first kappa shape index (κ1) is 56.3. The van der Waals surface area contributed by atoms with E-state index in [4.69, 9.17) is 28.7 Å². The summed E-state index contributed by atoms with van der Waals surface area (Å²) in [5.41, 5.74) is 28.0. The van der Waals surface area contributed by atoms with E-state index in [9.17, 15) is 43.5 Å². The van der Waals surface area contributed by atoms with Gasteiger partial charge < -0.3 is 65.7 Å². The Labute approximate surface area is 402 Å². The number of hydrogen-bond acceptors (Lipinski definition) is 10. The van der Waals surface area contributed by atoms with Crippen molar-refractivity contribution in [3.63, 3.8) is 0 Å². The van der Waals surface area contributed by atoms with Crippen LogP contribution >= 0.6 is 0 Å². The molecule has 22 nitrogen and oxygen atoms in total. The molecular formula is C47H73N13O9. The van der Waals surface area contributed by atoms with Crippen LogP contribution in [0.1, 0.15) is 115 Å². The summed E-state index contributed by atoms with van der Waals surface area (Å²) in [5, 5.41) is 28.0. The number of fused-ring (bicyclic) bond motifs is 1. The number of nitrogens with one attached hydrogen (secondary N) is 6. The molecule has 2 aromatic rings. The van der Waals surface area contributed by atoms with Gasteiger partial charge in [-0.15, -0.1) is 0 Å². The lowest BCUT2D eigenvalue weighted by Gasteiger charge is -2.30. The highest BCUT2D eigenvalue weighted by Crippen LogP contribution is 2.27. The largest absolute Gasteiger partial charge is 0.481 e. The van der Waals surface area contributed by atoms with Crippen LogP contribution in [0.4, 0.5) is 0 Å². The zero-order valence-corrected chi connectivity index (χ0v) is 40.1. The highest BCUT2D eigenvalue weighted by molar-refractivity contribution is 5.99. The number of aliphatic carboxylic acids is 1. The maximum atomic E-state index is 14.1. The first-order valence-electron chi connectivity index (χ1n) is 23.6. The van der Waals surface area contributed by atoms with Crippen LogP contribution in [-0.2, 0) is 33.6 Å². The number of aliphatic imine (C=N–C) groups is 2. The average Bonchev–Trinajstić information content (AvgIpc) is 3.30. The number of carbonyl (C=O) groups is 8. The van der Waals surface area contributed by atoms with Crippen LogP contribution in [0.25, 0.3) is 10.8 Å². The smallest absolute Gasteiger partial charge is 0.305 e. The predicted octanol–water partition coefficient (Wildman–Crippen LogP) is 0.102. The molecule has 1 aliphatic carbocycles. The van der Waals surface area contributed by atoms with E-state index in [1.54, 1.807) is 33.8 Å². The van der Waals surface area contributed by atoms with Gasteiger partial charge in [-0.3, -0.25) is 48.3 Å². The molecule has 22 heteroatoms. The summed E-state index contributed by atoms with van der Waals surface area (Å²) in [6.45, 7) is 7.16. The fourth-order valence-electron chi connectivity index (χ4n) is 8.03. The standard InChI is InChI=1S/C47H73N13O9/c1-5-26(3)38(40(48)64)59-43(67)34(14-10-22-54-47(51)52)57-44(68)35(25-37(62)63)58-45(69)39(27(4)6-2)60-42(66)33(13-9-21-53-46(49)50)56-36(61)23-28-15-19-32(20-16-28)55-41(65)31-18-17-29-11-7-8-12-30(29)24-31/h7-8,11-12,17-18,24,26-28,32-35,38-39H,5-6,9-10,13-16,19-23,25H2,1-4H3,(H2,48,64)(H,55,65)(H,56,61)(H,57,68)(H,58,69)(H,59,67)(H,60,66)(H,62,63)(H4,49,50,53)(H4,51,52,54)/t26-,27-,28?,32?,33-,34-,35-,38-,39-/m0/s1. The Bertz CT molecular complexity index is 2150. The summed E-state index contributed by atoms with van der Waals surface area (Å²) in [4.78, 5) is 114. The van der Waals surface area contributed by atoms with Crippen molar-refractivity contribution in [3.05, 3.63) is 48.0 Å². The van der Waals surface area contributed by atoms with Crippen LogP contribution < -0.4 is 60.6 Å². The van der Waals surface area contributed by atoms with E-state index in [-0.39, 0.29) is 80.9 Å². The van der Waals surface area contributed by atoms with Crippen molar-refractivity contribution < 1.29 is 43.5 Å². The molecule has 0 unspecified atom stereocenters. The lowest BCUT2D eigenvalue weighted by atomic mass is 9.83. The lowest BCUT2D eigenvalue weighted by Crippen LogP contribution is -2.60. The van der Waals surface area contributed by atoms with E-state index >= 15 is 0 Å². The Balaban J connectivity index is 1.73. The highest BCUT2D eigenvalue weighted by atomic mass is 16.4. The van der Waals surface area contributed by atoms with Crippen LogP contribution in [-0.4, -0.2) is 114 Å². The van der Waals surface area contributed by atoms with Crippen molar-refractivity contribution in [2.24, 2.45) is 56.4 Å². The number of amides is 7. The van der Waals surface area contributed by atoms with Crippen LogP contribution in [0.3, 0.4) is 0 Å². The van der Waals surface area contributed by atoms with E-state index in [1.807, 2.05) is 36.4 Å². The molecule has 0 saturated heterocycles. The normalized spacial score (nSPS) is 17.4. The molecule has 2 aromatic carbocycles. The van der Waals surface area contributed by atoms with Crippen LogP contribution in [0.15, 0.2) is 52.4 Å². The fourth-order valence-corrected chi connectivity index (χ4v) is 8.03. The Morgan fingerprint density at radius 3 is 1.68 bits per heavy atom. The third kappa shape index (κ3) is 19.3. The average molecular weight is 964 g/mol. The highest BCUT2D eigenvalue weighted by Gasteiger charge is 2.36. The van der Waals surface area contributed by atoms with Gasteiger partial charge in [0.15, 0.2) is 11.9 Å². The molecular weight excluding hydrogens is 891 g/mol. The van der Waals surface area contributed by atoms with Crippen LogP contribution in [0.5, 0.6) is 0 Å². The molecule has 1 fully saturated rings. The number of carboxylic acids is 1. The van der Waals surface area contributed by atoms with Gasteiger partial charge in [0.2, 0.25) is 35.4 Å². The molecule has 0 spiro atoms. The van der Waals surface area contributed by atoms with Gasteiger partial charge >= 0.3 is 5.97 Å². The van der Waals surface area contributed by atoms with Crippen LogP contribution in [0, 0.1) is 17.8 Å². The Morgan fingerprint density at radius 1 is 0.638 bits per heavy atom. The van der Waals surface area contributed by atoms with Crippen molar-refractivity contribution in [3.8, 4) is 0 Å². The molecule has 0 bridgehead atoms. The molecule has 380 valence electrons. The van der Waals surface area contributed by atoms with Gasteiger partial charge in [0.05, 0.1) is 6.42 Å². The van der Waals surface area contributed by atoms with Crippen LogP contribution in [0.2, 0.25) is 0 Å². The van der Waals surface area contributed by atoms with E-state index in [0.717, 1.165) is 10.8 Å². The monoisotopic (exact) mass is 964 g/mol. The topological polar surface area (TPSA) is 384 Å². The third-order valence-corrected chi connectivity index (χ3v) is 12.5. The second kappa shape index (κ2) is 28.4. The summed E-state index contributed by atoms with van der Waals surface area (Å²) >= 11 is 0. The minimum atomic E-state index is -1.73.